The molecule has 8 atom stereocenters. The van der Waals surface area contributed by atoms with Crippen LogP contribution >= 0.6 is 23.5 Å². The Morgan fingerprint density at radius 3 is 2.16 bits per heavy atom. The third-order valence-electron chi connectivity index (χ3n) is 15.8. The van der Waals surface area contributed by atoms with Gasteiger partial charge in [-0.2, -0.15) is 0 Å². The van der Waals surface area contributed by atoms with Crippen LogP contribution < -0.4 is 4.90 Å². The van der Waals surface area contributed by atoms with Crippen LogP contribution in [-0.2, 0) is 16.2 Å². The quantitative estimate of drug-likeness (QED) is 0.209. The Hall–Kier alpha value is -3.14. The molecule has 0 N–H and O–H groups in total. The SMILES string of the molecule is CC1(C)CCC(C)(C)c2cc(N(c3ccc4c(c3)C3C=CC=CC3S4)c3ccc4c(c3)C3(c5ccccc5S4)C4CC5CC6CC3C64C5)ccc21. The highest BCUT2D eigenvalue weighted by molar-refractivity contribution is 8.00. The first-order chi connectivity index (χ1) is 24.7. The average molecular weight is 702 g/mol. The maximum absolute atomic E-state index is 2.69. The maximum Gasteiger partial charge on any atom is 0.0465 e. The van der Waals surface area contributed by atoms with Crippen LogP contribution in [0.15, 0.2) is 118 Å². The lowest BCUT2D eigenvalue weighted by Crippen LogP contribution is -2.74. The van der Waals surface area contributed by atoms with Crippen molar-refractivity contribution in [1.29, 1.82) is 0 Å². The van der Waals surface area contributed by atoms with Crippen LogP contribution in [0.25, 0.3) is 0 Å². The number of fused-ring (bicyclic) bond motifs is 11. The molecule has 4 aromatic rings. The molecule has 8 aliphatic rings. The third-order valence-corrected chi connectivity index (χ3v) is 18.3. The monoisotopic (exact) mass is 701 g/mol. The molecule has 4 aromatic carbocycles. The smallest absolute Gasteiger partial charge is 0.0465 e. The fraction of sp³-hybridized carbons (Fsp3) is 0.417. The molecule has 4 saturated carbocycles. The second-order valence-electron chi connectivity index (χ2n) is 18.8. The van der Waals surface area contributed by atoms with E-state index < -0.39 is 0 Å². The van der Waals surface area contributed by atoms with Crippen LogP contribution in [-0.4, -0.2) is 5.25 Å². The van der Waals surface area contributed by atoms with Gasteiger partial charge in [0.25, 0.3) is 0 Å². The van der Waals surface area contributed by atoms with Crippen molar-refractivity contribution in [3.8, 4) is 0 Å². The van der Waals surface area contributed by atoms with Gasteiger partial charge in [0.2, 0.25) is 0 Å². The molecule has 3 heteroatoms. The van der Waals surface area contributed by atoms with Gasteiger partial charge in [-0.1, -0.05) is 88.0 Å². The maximum atomic E-state index is 2.69. The summed E-state index contributed by atoms with van der Waals surface area (Å²) in [5.74, 6) is 3.97. The van der Waals surface area contributed by atoms with E-state index in [2.05, 4.69) is 136 Å². The molecule has 12 rings (SSSR count). The molecule has 256 valence electrons. The normalized spacial score (nSPS) is 35.5. The van der Waals surface area contributed by atoms with E-state index in [4.69, 9.17) is 0 Å². The summed E-state index contributed by atoms with van der Waals surface area (Å²) < 4.78 is 0. The summed E-state index contributed by atoms with van der Waals surface area (Å²) in [4.78, 5) is 7.08. The molecule has 0 saturated heterocycles. The molecule has 1 nitrogen and oxygen atoms in total. The summed E-state index contributed by atoms with van der Waals surface area (Å²) in [6.45, 7) is 9.83. The number of hydrogen-bond acceptors (Lipinski definition) is 3. The Balaban J connectivity index is 1.06. The molecule has 8 unspecified atom stereocenters. The summed E-state index contributed by atoms with van der Waals surface area (Å²) in [7, 11) is 0. The molecule has 0 amide bonds. The van der Waals surface area contributed by atoms with E-state index in [1.54, 1.807) is 11.1 Å². The van der Waals surface area contributed by atoms with Crippen molar-refractivity contribution in [3.05, 3.63) is 131 Å². The molecular weight excluding hydrogens is 655 g/mol. The molecule has 51 heavy (non-hydrogen) atoms. The largest absolute Gasteiger partial charge is 0.310 e. The highest BCUT2D eigenvalue weighted by Gasteiger charge is 2.84. The number of thioether (sulfide) groups is 1. The van der Waals surface area contributed by atoms with Gasteiger partial charge in [0.05, 0.1) is 0 Å². The number of benzene rings is 4. The predicted octanol–water partition coefficient (Wildman–Crippen LogP) is 13.0. The minimum Gasteiger partial charge on any atom is -0.310 e. The third kappa shape index (κ3) is 3.69. The minimum absolute atomic E-state index is 0.149. The first-order valence-corrected chi connectivity index (χ1v) is 21.4. The lowest BCUT2D eigenvalue weighted by molar-refractivity contribution is -0.235. The number of allylic oxidation sites excluding steroid dienone is 3. The summed E-state index contributed by atoms with van der Waals surface area (Å²) in [6.07, 6.45) is 17.6. The van der Waals surface area contributed by atoms with Gasteiger partial charge >= 0.3 is 0 Å². The number of nitrogens with zero attached hydrogens (tertiary/aromatic N) is 1. The van der Waals surface area contributed by atoms with Crippen molar-refractivity contribution in [1.82, 2.24) is 0 Å². The Morgan fingerprint density at radius 1 is 0.627 bits per heavy atom. The summed E-state index contributed by atoms with van der Waals surface area (Å²) in [6, 6.07) is 32.1. The number of hydrogen-bond donors (Lipinski definition) is 0. The summed E-state index contributed by atoms with van der Waals surface area (Å²) in [5.41, 5.74) is 12.9. The highest BCUT2D eigenvalue weighted by Crippen LogP contribution is 2.89. The zero-order chi connectivity index (χ0) is 34.1. The highest BCUT2D eigenvalue weighted by atomic mass is 32.2. The van der Waals surface area contributed by atoms with Crippen molar-refractivity contribution < 1.29 is 0 Å². The van der Waals surface area contributed by atoms with Gasteiger partial charge in [0.15, 0.2) is 0 Å². The lowest BCUT2D eigenvalue weighted by atomic mass is 9.26. The van der Waals surface area contributed by atoms with Crippen molar-refractivity contribution in [3.63, 3.8) is 0 Å². The van der Waals surface area contributed by atoms with Crippen LogP contribution in [0.4, 0.5) is 17.1 Å². The molecule has 2 aliphatic heterocycles. The van der Waals surface area contributed by atoms with Crippen molar-refractivity contribution in [2.75, 3.05) is 4.90 Å². The van der Waals surface area contributed by atoms with E-state index >= 15 is 0 Å². The first-order valence-electron chi connectivity index (χ1n) is 19.7. The summed E-state index contributed by atoms with van der Waals surface area (Å²) in [5, 5.41) is 0.500. The van der Waals surface area contributed by atoms with E-state index in [9.17, 15) is 0 Å². The number of rotatable bonds is 3. The average Bonchev–Trinajstić information content (AvgIpc) is 3.79. The van der Waals surface area contributed by atoms with Gasteiger partial charge in [-0.15, -0.1) is 11.8 Å². The van der Waals surface area contributed by atoms with Crippen LogP contribution in [0.2, 0.25) is 0 Å². The van der Waals surface area contributed by atoms with Gasteiger partial charge in [-0.25, -0.2) is 0 Å². The molecule has 2 heterocycles. The molecule has 0 radical (unpaired) electrons. The van der Waals surface area contributed by atoms with Gasteiger partial charge in [0, 0.05) is 48.3 Å². The Bertz CT molecular complexity index is 2260. The molecule has 4 fully saturated rings. The van der Waals surface area contributed by atoms with Gasteiger partial charge in [0.1, 0.15) is 0 Å². The molecular formula is C48H47NS2. The predicted molar refractivity (Wildman–Crippen MR) is 213 cm³/mol. The second kappa shape index (κ2) is 9.88. The van der Waals surface area contributed by atoms with Crippen LogP contribution in [0.1, 0.15) is 100.0 Å². The minimum atomic E-state index is 0.149. The molecule has 2 spiro atoms. The molecule has 2 bridgehead atoms. The van der Waals surface area contributed by atoms with Crippen LogP contribution in [0.5, 0.6) is 0 Å². The zero-order valence-corrected chi connectivity index (χ0v) is 31.9. The first kappa shape index (κ1) is 30.3. The van der Waals surface area contributed by atoms with Crippen molar-refractivity contribution >= 4 is 40.6 Å². The van der Waals surface area contributed by atoms with Gasteiger partial charge < -0.3 is 4.90 Å². The molecule has 0 aromatic heterocycles. The zero-order valence-electron chi connectivity index (χ0n) is 30.3. The van der Waals surface area contributed by atoms with Gasteiger partial charge in [-0.3, -0.25) is 0 Å². The van der Waals surface area contributed by atoms with E-state index in [1.807, 2.05) is 23.5 Å². The van der Waals surface area contributed by atoms with E-state index in [1.165, 1.54) is 87.0 Å². The Kier molecular flexibility index (Phi) is 5.88. The fourth-order valence-corrected chi connectivity index (χ4v) is 16.1. The Morgan fingerprint density at radius 2 is 1.31 bits per heavy atom. The van der Waals surface area contributed by atoms with Crippen LogP contribution in [0, 0.1) is 29.1 Å². The topological polar surface area (TPSA) is 3.24 Å². The van der Waals surface area contributed by atoms with Crippen molar-refractivity contribution in [2.45, 2.75) is 108 Å². The Labute approximate surface area is 312 Å². The van der Waals surface area contributed by atoms with Gasteiger partial charge in [-0.05, 0) is 161 Å². The second-order valence-corrected chi connectivity index (χ2v) is 21.1. The van der Waals surface area contributed by atoms with E-state index in [0.29, 0.717) is 16.6 Å². The molecule has 6 aliphatic carbocycles. The van der Waals surface area contributed by atoms with E-state index in [0.717, 1.165) is 23.7 Å². The summed E-state index contributed by atoms with van der Waals surface area (Å²) >= 11 is 4.06. The van der Waals surface area contributed by atoms with E-state index in [-0.39, 0.29) is 16.2 Å². The van der Waals surface area contributed by atoms with Crippen LogP contribution in [0.3, 0.4) is 0 Å². The fourth-order valence-electron chi connectivity index (χ4n) is 13.5. The lowest BCUT2D eigenvalue weighted by Gasteiger charge is -2.78. The van der Waals surface area contributed by atoms with Crippen molar-refractivity contribution in [2.24, 2.45) is 29.1 Å². The number of anilines is 3. The standard InChI is InChI=1S/C48H47NS2/c1-45(2)19-20-46(3,4)37-25-31(13-16-35(37)45)49(30-14-17-40-34(24-30)33-9-5-7-11-39(33)50-40)32-15-18-42-38(26-32)48(36-10-6-8-12-41(36)51-42)43-22-28-21-29-23-44(48)47(29,43)27-28/h5-18,24-26,28-29,33,39,43-44H,19-23,27H2,1-4H3.